The fourth-order valence-electron chi connectivity index (χ4n) is 5.47. The number of carboxylic acids is 1. The second-order valence-corrected chi connectivity index (χ2v) is 10.5. The summed E-state index contributed by atoms with van der Waals surface area (Å²) in [7, 11) is 0. The molecule has 0 bridgehead atoms. The number of carbonyl (C=O) groups is 1. The van der Waals surface area contributed by atoms with Crippen LogP contribution in [0.3, 0.4) is 0 Å². The minimum Gasteiger partial charge on any atom is -0.490 e. The molecule has 2 aliphatic rings. The van der Waals surface area contributed by atoms with Crippen molar-refractivity contribution < 1.29 is 41.0 Å². The van der Waals surface area contributed by atoms with Crippen LogP contribution in [-0.2, 0) is 17.5 Å². The number of hydrogen-bond acceptors (Lipinski definition) is 3. The molecule has 0 saturated heterocycles. The highest BCUT2D eigenvalue weighted by atomic mass is 19.4. The SMILES string of the molecule is CC1(C)C(NCc2ccc3ccc(O[C@H]4CC[C@@H](C(F)(F)F)CC4)c(C(F)(F)F)c3c2)CC1C(=O)O. The zero-order valence-corrected chi connectivity index (χ0v) is 20.0. The number of hydrogen-bond donors (Lipinski definition) is 2. The minimum atomic E-state index is -4.73. The van der Waals surface area contributed by atoms with E-state index in [1.165, 1.54) is 18.2 Å². The van der Waals surface area contributed by atoms with E-state index in [2.05, 4.69) is 5.32 Å². The van der Waals surface area contributed by atoms with Crippen molar-refractivity contribution in [2.24, 2.45) is 17.3 Å². The number of aliphatic carboxylic acids is 1. The van der Waals surface area contributed by atoms with Gasteiger partial charge in [-0.25, -0.2) is 0 Å². The molecule has 0 aromatic heterocycles. The van der Waals surface area contributed by atoms with E-state index in [1.54, 1.807) is 12.1 Å². The van der Waals surface area contributed by atoms with Gasteiger partial charge in [-0.15, -0.1) is 0 Å². The summed E-state index contributed by atoms with van der Waals surface area (Å²) in [6.45, 7) is 3.96. The molecule has 36 heavy (non-hydrogen) atoms. The van der Waals surface area contributed by atoms with Crippen LogP contribution in [0.5, 0.6) is 5.75 Å². The number of benzene rings is 2. The molecule has 2 aliphatic carbocycles. The van der Waals surface area contributed by atoms with E-state index in [0.717, 1.165) is 0 Å². The molecule has 198 valence electrons. The van der Waals surface area contributed by atoms with E-state index in [-0.39, 0.29) is 49.4 Å². The topological polar surface area (TPSA) is 58.6 Å². The maximum absolute atomic E-state index is 14.2. The van der Waals surface area contributed by atoms with E-state index >= 15 is 0 Å². The lowest BCUT2D eigenvalue weighted by atomic mass is 9.58. The third kappa shape index (κ3) is 5.28. The molecular formula is C26H29F6NO3. The second kappa shape index (κ2) is 9.43. The predicted molar refractivity (Wildman–Crippen MR) is 122 cm³/mol. The van der Waals surface area contributed by atoms with E-state index in [9.17, 15) is 36.2 Å². The van der Waals surface area contributed by atoms with Crippen LogP contribution < -0.4 is 10.1 Å². The largest absolute Gasteiger partial charge is 0.490 e. The summed E-state index contributed by atoms with van der Waals surface area (Å²) in [5.41, 5.74) is -0.813. The van der Waals surface area contributed by atoms with Gasteiger partial charge in [0.05, 0.1) is 17.9 Å². The van der Waals surface area contributed by atoms with Crippen molar-refractivity contribution in [1.29, 1.82) is 0 Å². The van der Waals surface area contributed by atoms with E-state index in [1.807, 2.05) is 13.8 Å². The molecule has 2 aromatic carbocycles. The Balaban J connectivity index is 1.54. The number of ether oxygens (including phenoxy) is 1. The molecule has 2 unspecified atom stereocenters. The highest BCUT2D eigenvalue weighted by Gasteiger charge is 2.51. The summed E-state index contributed by atoms with van der Waals surface area (Å²) in [5.74, 6) is -3.16. The van der Waals surface area contributed by atoms with Gasteiger partial charge < -0.3 is 15.2 Å². The van der Waals surface area contributed by atoms with Gasteiger partial charge in [0.25, 0.3) is 0 Å². The average Bonchev–Trinajstić information content (AvgIpc) is 2.76. The summed E-state index contributed by atoms with van der Waals surface area (Å²) in [5, 5.41) is 12.9. The maximum Gasteiger partial charge on any atom is 0.420 e. The second-order valence-electron chi connectivity index (χ2n) is 10.5. The first-order valence-electron chi connectivity index (χ1n) is 12.0. The van der Waals surface area contributed by atoms with Gasteiger partial charge >= 0.3 is 18.3 Å². The first-order valence-corrected chi connectivity index (χ1v) is 12.0. The molecule has 0 heterocycles. The third-order valence-electron chi connectivity index (χ3n) is 7.88. The summed E-state index contributed by atoms with van der Waals surface area (Å²) in [4.78, 5) is 11.3. The smallest absolute Gasteiger partial charge is 0.420 e. The number of alkyl halides is 6. The molecule has 0 radical (unpaired) electrons. The number of rotatable bonds is 6. The molecule has 10 heteroatoms. The van der Waals surface area contributed by atoms with Gasteiger partial charge in [-0.2, -0.15) is 26.3 Å². The van der Waals surface area contributed by atoms with Crippen molar-refractivity contribution in [3.05, 3.63) is 41.5 Å². The summed E-state index contributed by atoms with van der Waals surface area (Å²) < 4.78 is 87.0. The van der Waals surface area contributed by atoms with Crippen LogP contribution in [0.4, 0.5) is 26.3 Å². The highest BCUT2D eigenvalue weighted by molar-refractivity contribution is 5.89. The maximum atomic E-state index is 14.2. The molecular weight excluding hydrogens is 488 g/mol. The molecule has 2 atom stereocenters. The first-order chi connectivity index (χ1) is 16.7. The average molecular weight is 518 g/mol. The Morgan fingerprint density at radius 1 is 1.06 bits per heavy atom. The molecule has 0 amide bonds. The zero-order valence-electron chi connectivity index (χ0n) is 20.0. The van der Waals surface area contributed by atoms with E-state index < -0.39 is 47.2 Å². The fourth-order valence-corrected chi connectivity index (χ4v) is 5.47. The Labute approximate surface area is 205 Å². The van der Waals surface area contributed by atoms with Crippen molar-refractivity contribution in [2.75, 3.05) is 0 Å². The van der Waals surface area contributed by atoms with Crippen LogP contribution in [0.2, 0.25) is 0 Å². The van der Waals surface area contributed by atoms with Gasteiger partial charge in [-0.05, 0) is 66.0 Å². The predicted octanol–water partition coefficient (Wildman–Crippen LogP) is 6.95. The van der Waals surface area contributed by atoms with Crippen LogP contribution >= 0.6 is 0 Å². The minimum absolute atomic E-state index is 0.0397. The van der Waals surface area contributed by atoms with Gasteiger partial charge in [0.15, 0.2) is 0 Å². The Morgan fingerprint density at radius 3 is 2.25 bits per heavy atom. The van der Waals surface area contributed by atoms with Crippen LogP contribution in [-0.4, -0.2) is 29.4 Å². The summed E-state index contributed by atoms with van der Waals surface area (Å²) >= 11 is 0. The summed E-state index contributed by atoms with van der Waals surface area (Å²) in [6, 6.07) is 7.42. The van der Waals surface area contributed by atoms with E-state index in [0.29, 0.717) is 17.4 Å². The number of fused-ring (bicyclic) bond motifs is 1. The number of carboxylic acid groups (broad SMARTS) is 1. The molecule has 2 N–H and O–H groups in total. The standard InChI is InChI=1S/C26H29F6NO3/c1-24(2)19(23(34)35)12-21(24)33-13-14-3-4-15-5-10-20(22(18(15)11-14)26(30,31)32)36-17-8-6-16(7-9-17)25(27,28)29/h3-5,10-11,16-17,19,21,33H,6-9,12-13H2,1-2H3,(H,34,35)/t16-,17+,19?,21?. The van der Waals surface area contributed by atoms with E-state index in [4.69, 9.17) is 4.74 Å². The quantitative estimate of drug-likeness (QED) is 0.407. The van der Waals surface area contributed by atoms with Crippen LogP contribution in [0, 0.1) is 17.3 Å². The zero-order chi connectivity index (χ0) is 26.5. The van der Waals surface area contributed by atoms with Crippen molar-refractivity contribution in [3.63, 3.8) is 0 Å². The van der Waals surface area contributed by atoms with Gasteiger partial charge in [-0.3, -0.25) is 4.79 Å². The Kier molecular flexibility index (Phi) is 6.96. The van der Waals surface area contributed by atoms with Crippen molar-refractivity contribution >= 4 is 16.7 Å². The molecule has 2 fully saturated rings. The Hall–Kier alpha value is -2.49. The van der Waals surface area contributed by atoms with Gasteiger partial charge in [-0.1, -0.05) is 32.0 Å². The monoisotopic (exact) mass is 517 g/mol. The van der Waals surface area contributed by atoms with Crippen LogP contribution in [0.25, 0.3) is 10.8 Å². The molecule has 2 saturated carbocycles. The lowest BCUT2D eigenvalue weighted by Gasteiger charge is -2.50. The van der Waals surface area contributed by atoms with Crippen molar-refractivity contribution in [1.82, 2.24) is 5.32 Å². The first kappa shape index (κ1) is 26.6. The molecule has 4 nitrogen and oxygen atoms in total. The summed E-state index contributed by atoms with van der Waals surface area (Å²) in [6.07, 6.45) is -9.56. The lowest BCUT2D eigenvalue weighted by Crippen LogP contribution is -2.58. The lowest BCUT2D eigenvalue weighted by molar-refractivity contribution is -0.185. The van der Waals surface area contributed by atoms with Crippen molar-refractivity contribution in [3.8, 4) is 5.75 Å². The van der Waals surface area contributed by atoms with Gasteiger partial charge in [0, 0.05) is 12.6 Å². The van der Waals surface area contributed by atoms with Gasteiger partial charge in [0.2, 0.25) is 0 Å². The van der Waals surface area contributed by atoms with Crippen LogP contribution in [0.1, 0.15) is 57.1 Å². The Bertz CT molecular complexity index is 1120. The molecule has 0 spiro atoms. The highest BCUT2D eigenvalue weighted by Crippen LogP contribution is 2.47. The third-order valence-corrected chi connectivity index (χ3v) is 7.88. The molecule has 4 rings (SSSR count). The fraction of sp³-hybridized carbons (Fsp3) is 0.577. The van der Waals surface area contributed by atoms with Crippen LogP contribution in [0.15, 0.2) is 30.3 Å². The van der Waals surface area contributed by atoms with Crippen molar-refractivity contribution in [2.45, 2.75) is 77.0 Å². The molecule has 0 aliphatic heterocycles. The van der Waals surface area contributed by atoms with Gasteiger partial charge in [0.1, 0.15) is 11.3 Å². The number of nitrogens with one attached hydrogen (secondary N) is 1. The molecule has 2 aromatic rings. The number of halogens is 6. The Morgan fingerprint density at radius 2 is 1.69 bits per heavy atom. The normalized spacial score (nSPS) is 26.4.